The predicted octanol–water partition coefficient (Wildman–Crippen LogP) is 3.18. The van der Waals surface area contributed by atoms with Gasteiger partial charge in [-0.25, -0.2) is 4.99 Å². The number of hydrogen-bond donors (Lipinski definition) is 2. The van der Waals surface area contributed by atoms with E-state index in [9.17, 15) is 4.79 Å². The molecule has 3 heterocycles. The summed E-state index contributed by atoms with van der Waals surface area (Å²) in [5.74, 6) is 1.34. The lowest BCUT2D eigenvalue weighted by Crippen LogP contribution is -2.26. The van der Waals surface area contributed by atoms with Gasteiger partial charge in [-0.05, 0) is 32.0 Å². The summed E-state index contributed by atoms with van der Waals surface area (Å²) in [5.41, 5.74) is 4.00. The molecular weight excluding hydrogens is 394 g/mol. The molecule has 0 aliphatic carbocycles. The van der Waals surface area contributed by atoms with Crippen molar-refractivity contribution in [1.29, 1.82) is 0 Å². The fourth-order valence-corrected chi connectivity index (χ4v) is 3.84. The van der Waals surface area contributed by atoms with Crippen LogP contribution in [0.4, 0.5) is 0 Å². The summed E-state index contributed by atoms with van der Waals surface area (Å²) in [7, 11) is 3.50. The van der Waals surface area contributed by atoms with Gasteiger partial charge in [-0.1, -0.05) is 6.58 Å². The summed E-state index contributed by atoms with van der Waals surface area (Å²) in [4.78, 5) is 19.7. The SMILES string of the molecule is C=C(N=C(OC(C)C1CNC(=O)C1)c1cn(C)nc1C)c1c[nH]c2ccc(OC)cc12. The number of benzene rings is 1. The minimum absolute atomic E-state index is 0.0497. The zero-order valence-corrected chi connectivity index (χ0v) is 18.2. The van der Waals surface area contributed by atoms with Crippen LogP contribution in [0.25, 0.3) is 16.6 Å². The fraction of sp³-hybridized carbons (Fsp3) is 0.348. The first-order valence-electron chi connectivity index (χ1n) is 10.2. The van der Waals surface area contributed by atoms with Crippen LogP contribution in [0.15, 0.2) is 42.2 Å². The number of carbonyl (C=O) groups excluding carboxylic acids is 1. The number of rotatable bonds is 6. The van der Waals surface area contributed by atoms with E-state index < -0.39 is 0 Å². The van der Waals surface area contributed by atoms with Crippen LogP contribution in [0.5, 0.6) is 5.75 Å². The number of carbonyl (C=O) groups is 1. The van der Waals surface area contributed by atoms with Crippen molar-refractivity contribution in [2.75, 3.05) is 13.7 Å². The van der Waals surface area contributed by atoms with Gasteiger partial charge in [0.2, 0.25) is 11.8 Å². The minimum atomic E-state index is -0.201. The van der Waals surface area contributed by atoms with E-state index in [2.05, 4.69) is 22.0 Å². The highest BCUT2D eigenvalue weighted by Crippen LogP contribution is 2.29. The number of nitrogens with one attached hydrogen (secondary N) is 2. The largest absolute Gasteiger partial charge is 0.497 e. The monoisotopic (exact) mass is 421 g/mol. The molecule has 1 aliphatic heterocycles. The van der Waals surface area contributed by atoms with Crippen molar-refractivity contribution in [3.63, 3.8) is 0 Å². The molecule has 2 aromatic heterocycles. The lowest BCUT2D eigenvalue weighted by molar-refractivity contribution is -0.119. The maximum absolute atomic E-state index is 11.6. The van der Waals surface area contributed by atoms with Crippen LogP contribution >= 0.6 is 0 Å². The first kappa shape index (κ1) is 20.7. The molecule has 4 rings (SSSR count). The maximum Gasteiger partial charge on any atom is 0.225 e. The van der Waals surface area contributed by atoms with E-state index in [1.165, 1.54) is 0 Å². The third-order valence-corrected chi connectivity index (χ3v) is 5.65. The molecule has 2 unspecified atom stereocenters. The Labute approximate surface area is 181 Å². The van der Waals surface area contributed by atoms with Crippen LogP contribution < -0.4 is 10.1 Å². The molecule has 2 atom stereocenters. The van der Waals surface area contributed by atoms with E-state index >= 15 is 0 Å². The second-order valence-corrected chi connectivity index (χ2v) is 7.87. The van der Waals surface area contributed by atoms with Gasteiger partial charge in [0.05, 0.1) is 24.1 Å². The van der Waals surface area contributed by atoms with Crippen molar-refractivity contribution in [2.45, 2.75) is 26.4 Å². The van der Waals surface area contributed by atoms with Gasteiger partial charge in [0.15, 0.2) is 0 Å². The topological polar surface area (TPSA) is 93.5 Å². The fourth-order valence-electron chi connectivity index (χ4n) is 3.84. The van der Waals surface area contributed by atoms with Crippen molar-refractivity contribution < 1.29 is 14.3 Å². The van der Waals surface area contributed by atoms with Gasteiger partial charge in [0, 0.05) is 54.8 Å². The van der Waals surface area contributed by atoms with Crippen LogP contribution in [0.3, 0.4) is 0 Å². The van der Waals surface area contributed by atoms with E-state index in [1.807, 2.05) is 51.5 Å². The number of fused-ring (bicyclic) bond motifs is 1. The molecule has 1 fully saturated rings. The zero-order valence-electron chi connectivity index (χ0n) is 18.2. The molecule has 3 aromatic rings. The van der Waals surface area contributed by atoms with Crippen molar-refractivity contribution in [3.8, 4) is 5.75 Å². The van der Waals surface area contributed by atoms with Crippen molar-refractivity contribution >= 4 is 28.4 Å². The summed E-state index contributed by atoms with van der Waals surface area (Å²) < 4.78 is 13.4. The molecule has 8 nitrogen and oxygen atoms in total. The Hall–Kier alpha value is -3.55. The van der Waals surface area contributed by atoms with Crippen molar-refractivity contribution in [3.05, 3.63) is 54.0 Å². The summed E-state index contributed by atoms with van der Waals surface area (Å²) in [6.45, 7) is 8.68. The molecule has 1 aliphatic rings. The molecule has 0 bridgehead atoms. The van der Waals surface area contributed by atoms with Crippen LogP contribution in [-0.2, 0) is 16.6 Å². The van der Waals surface area contributed by atoms with Crippen LogP contribution in [0, 0.1) is 12.8 Å². The number of amides is 1. The average molecular weight is 422 g/mol. The molecule has 0 saturated carbocycles. The Bertz CT molecular complexity index is 1170. The van der Waals surface area contributed by atoms with Crippen molar-refractivity contribution in [2.24, 2.45) is 18.0 Å². The summed E-state index contributed by atoms with van der Waals surface area (Å²) in [6.07, 6.45) is 4.01. The average Bonchev–Trinajstić information content (AvgIpc) is 3.44. The van der Waals surface area contributed by atoms with Gasteiger partial charge in [0.1, 0.15) is 11.9 Å². The van der Waals surface area contributed by atoms with E-state index in [1.54, 1.807) is 11.8 Å². The highest BCUT2D eigenvalue weighted by molar-refractivity contribution is 6.01. The van der Waals surface area contributed by atoms with Crippen LogP contribution in [0.1, 0.15) is 30.2 Å². The highest BCUT2D eigenvalue weighted by Gasteiger charge is 2.29. The smallest absolute Gasteiger partial charge is 0.225 e. The number of nitrogens with zero attached hydrogens (tertiary/aromatic N) is 3. The minimum Gasteiger partial charge on any atom is -0.497 e. The van der Waals surface area contributed by atoms with E-state index in [4.69, 9.17) is 14.5 Å². The van der Waals surface area contributed by atoms with E-state index in [-0.39, 0.29) is 17.9 Å². The predicted molar refractivity (Wildman–Crippen MR) is 120 cm³/mol. The van der Waals surface area contributed by atoms with Gasteiger partial charge in [0.25, 0.3) is 0 Å². The maximum atomic E-state index is 11.6. The number of methoxy groups -OCH3 is 1. The van der Waals surface area contributed by atoms with Crippen molar-refractivity contribution in [1.82, 2.24) is 20.1 Å². The molecule has 1 aromatic carbocycles. The third-order valence-electron chi connectivity index (χ3n) is 5.65. The van der Waals surface area contributed by atoms with Gasteiger partial charge >= 0.3 is 0 Å². The molecule has 162 valence electrons. The Morgan fingerprint density at radius 3 is 2.84 bits per heavy atom. The van der Waals surface area contributed by atoms with Crippen LogP contribution in [-0.4, -0.2) is 46.3 Å². The molecule has 0 spiro atoms. The van der Waals surface area contributed by atoms with Gasteiger partial charge in [-0.2, -0.15) is 5.10 Å². The third kappa shape index (κ3) is 4.19. The summed E-state index contributed by atoms with van der Waals surface area (Å²) >= 11 is 0. The first-order chi connectivity index (χ1) is 14.9. The molecule has 31 heavy (non-hydrogen) atoms. The Morgan fingerprint density at radius 1 is 1.39 bits per heavy atom. The molecular formula is C23H27N5O3. The number of aliphatic imine (C=N–C) groups is 1. The highest BCUT2D eigenvalue weighted by atomic mass is 16.5. The van der Waals surface area contributed by atoms with Gasteiger partial charge in [-0.3, -0.25) is 9.48 Å². The lowest BCUT2D eigenvalue weighted by atomic mass is 10.0. The first-order valence-corrected chi connectivity index (χ1v) is 10.2. The van der Waals surface area contributed by atoms with E-state index in [0.29, 0.717) is 24.6 Å². The van der Waals surface area contributed by atoms with Gasteiger partial charge in [-0.15, -0.1) is 0 Å². The van der Waals surface area contributed by atoms with Gasteiger partial charge < -0.3 is 19.8 Å². The normalized spacial score (nSPS) is 17.6. The quantitative estimate of drug-likeness (QED) is 0.472. The number of aromatic nitrogens is 3. The molecule has 2 N–H and O–H groups in total. The zero-order chi connectivity index (χ0) is 22.1. The van der Waals surface area contributed by atoms with Crippen LogP contribution in [0.2, 0.25) is 0 Å². The molecule has 8 heteroatoms. The number of aromatic amines is 1. The summed E-state index contributed by atoms with van der Waals surface area (Å²) in [6, 6.07) is 5.82. The second kappa shape index (κ2) is 8.29. The Kier molecular flexibility index (Phi) is 5.54. The molecule has 1 amide bonds. The Morgan fingerprint density at radius 2 is 2.19 bits per heavy atom. The summed E-state index contributed by atoms with van der Waals surface area (Å²) in [5, 5.41) is 8.26. The van der Waals surface area contributed by atoms with E-state index in [0.717, 1.165) is 33.5 Å². The number of hydrogen-bond acceptors (Lipinski definition) is 5. The number of ether oxygens (including phenoxy) is 2. The molecule has 0 radical (unpaired) electrons. The Balaban J connectivity index is 1.70. The lowest BCUT2D eigenvalue weighted by Gasteiger charge is -2.20. The number of aryl methyl sites for hydroxylation is 2. The number of H-pyrrole nitrogens is 1. The second-order valence-electron chi connectivity index (χ2n) is 7.87. The molecule has 1 saturated heterocycles. The standard InChI is InChI=1S/C23H27N5O3/c1-13(19-11-24-21-7-6-17(30-5)9-18(19)21)26-23(20-12-28(4)27-14(20)2)31-15(3)16-8-22(29)25-10-16/h6-7,9,11-12,15-16,24H,1,8,10H2,2-5H3,(H,25,29).